The topological polar surface area (TPSA) is 87.3 Å². The van der Waals surface area contributed by atoms with E-state index in [-0.39, 0.29) is 17.8 Å². The Morgan fingerprint density at radius 1 is 1.03 bits per heavy atom. The summed E-state index contributed by atoms with van der Waals surface area (Å²) in [5.41, 5.74) is -0.264. The molecule has 0 heterocycles. The first-order valence-corrected chi connectivity index (χ1v) is 10.3. The molecule has 0 aliphatic rings. The second-order valence-electron chi connectivity index (χ2n) is 6.60. The van der Waals surface area contributed by atoms with E-state index >= 15 is 0 Å². The number of benzene rings is 2. The van der Waals surface area contributed by atoms with Gasteiger partial charge in [-0.2, -0.15) is 13.2 Å². The van der Waals surface area contributed by atoms with Crippen LogP contribution in [0.1, 0.15) is 25.0 Å². The van der Waals surface area contributed by atoms with Gasteiger partial charge in [0.15, 0.2) is 0 Å². The first kappa shape index (κ1) is 22.5. The standard InChI is InChI=1S/C19H22F3N3O3S/c1-13(2)24-18(26)23-12-11-14-7-9-15(10-8-14)25-29(27,28)17-6-4-3-5-16(17)19(20,21)22/h3-10,13,25H,11-12H2,1-2H3,(H2,23,24,26). The molecule has 158 valence electrons. The molecule has 2 aromatic rings. The van der Waals surface area contributed by atoms with Crippen molar-refractivity contribution in [3.63, 3.8) is 0 Å². The van der Waals surface area contributed by atoms with Crippen LogP contribution in [0.4, 0.5) is 23.7 Å². The summed E-state index contributed by atoms with van der Waals surface area (Å²) in [5.74, 6) is 0. The first-order chi connectivity index (χ1) is 13.5. The second kappa shape index (κ2) is 9.17. The van der Waals surface area contributed by atoms with Gasteiger partial charge in [0.2, 0.25) is 0 Å². The molecular formula is C19H22F3N3O3S. The van der Waals surface area contributed by atoms with Crippen LogP contribution in [0.2, 0.25) is 0 Å². The number of rotatable bonds is 7. The summed E-state index contributed by atoms with van der Waals surface area (Å²) >= 11 is 0. The number of halogens is 3. The largest absolute Gasteiger partial charge is 0.417 e. The molecule has 0 fully saturated rings. The van der Waals surface area contributed by atoms with Crippen molar-refractivity contribution < 1.29 is 26.4 Å². The Labute approximate surface area is 167 Å². The summed E-state index contributed by atoms with van der Waals surface area (Å²) in [5, 5.41) is 5.38. The van der Waals surface area contributed by atoms with Gasteiger partial charge in [-0.3, -0.25) is 4.72 Å². The zero-order valence-corrected chi connectivity index (χ0v) is 16.7. The van der Waals surface area contributed by atoms with E-state index in [1.54, 1.807) is 12.1 Å². The van der Waals surface area contributed by atoms with Crippen LogP contribution < -0.4 is 15.4 Å². The van der Waals surface area contributed by atoms with Crippen molar-refractivity contribution in [2.24, 2.45) is 0 Å². The number of urea groups is 1. The third kappa shape index (κ3) is 6.67. The highest BCUT2D eigenvalue weighted by atomic mass is 32.2. The van der Waals surface area contributed by atoms with E-state index < -0.39 is 26.7 Å². The molecule has 6 nitrogen and oxygen atoms in total. The van der Waals surface area contributed by atoms with E-state index in [2.05, 4.69) is 15.4 Å². The number of carbonyl (C=O) groups excluding carboxylic acids is 1. The quantitative estimate of drug-likeness (QED) is 0.626. The van der Waals surface area contributed by atoms with Crippen molar-refractivity contribution in [3.8, 4) is 0 Å². The van der Waals surface area contributed by atoms with Crippen molar-refractivity contribution in [2.75, 3.05) is 11.3 Å². The van der Waals surface area contributed by atoms with Gasteiger partial charge in [0.25, 0.3) is 10.0 Å². The molecule has 2 amide bonds. The number of amides is 2. The maximum atomic E-state index is 13.1. The van der Waals surface area contributed by atoms with Crippen LogP contribution in [0.25, 0.3) is 0 Å². The molecule has 0 saturated heterocycles. The Hall–Kier alpha value is -2.75. The fraction of sp³-hybridized carbons (Fsp3) is 0.316. The van der Waals surface area contributed by atoms with E-state index in [1.165, 1.54) is 18.2 Å². The van der Waals surface area contributed by atoms with Crippen molar-refractivity contribution in [2.45, 2.75) is 37.4 Å². The summed E-state index contributed by atoms with van der Waals surface area (Å²) in [6.45, 7) is 4.06. The van der Waals surface area contributed by atoms with Gasteiger partial charge in [-0.25, -0.2) is 13.2 Å². The Kier molecular flexibility index (Phi) is 7.12. The lowest BCUT2D eigenvalue weighted by atomic mass is 10.1. The maximum Gasteiger partial charge on any atom is 0.417 e. The van der Waals surface area contributed by atoms with E-state index in [9.17, 15) is 26.4 Å². The van der Waals surface area contributed by atoms with Crippen LogP contribution in [0.3, 0.4) is 0 Å². The van der Waals surface area contributed by atoms with Gasteiger partial charge in [-0.1, -0.05) is 24.3 Å². The molecule has 0 spiro atoms. The number of sulfonamides is 1. The number of nitrogens with one attached hydrogen (secondary N) is 3. The fourth-order valence-corrected chi connectivity index (χ4v) is 3.81. The zero-order valence-electron chi connectivity index (χ0n) is 15.9. The lowest BCUT2D eigenvalue weighted by molar-refractivity contribution is -0.139. The molecule has 10 heteroatoms. The van der Waals surface area contributed by atoms with Crippen LogP contribution in [0.5, 0.6) is 0 Å². The van der Waals surface area contributed by atoms with Gasteiger partial charge >= 0.3 is 12.2 Å². The van der Waals surface area contributed by atoms with Gasteiger partial charge in [0, 0.05) is 18.3 Å². The second-order valence-corrected chi connectivity index (χ2v) is 8.25. The predicted molar refractivity (Wildman–Crippen MR) is 104 cm³/mol. The zero-order chi connectivity index (χ0) is 21.7. The monoisotopic (exact) mass is 429 g/mol. The molecule has 0 saturated carbocycles. The molecule has 0 bridgehead atoms. The lowest BCUT2D eigenvalue weighted by Crippen LogP contribution is -2.40. The number of hydrogen-bond acceptors (Lipinski definition) is 3. The minimum absolute atomic E-state index is 0.0183. The van der Waals surface area contributed by atoms with Gasteiger partial charge < -0.3 is 10.6 Å². The van der Waals surface area contributed by atoms with Gasteiger partial charge in [-0.15, -0.1) is 0 Å². The minimum atomic E-state index is -4.79. The van der Waals surface area contributed by atoms with Crippen molar-refractivity contribution in [1.29, 1.82) is 0 Å². The molecule has 0 aromatic heterocycles. The maximum absolute atomic E-state index is 13.1. The van der Waals surface area contributed by atoms with E-state index in [0.717, 1.165) is 23.8 Å². The first-order valence-electron chi connectivity index (χ1n) is 8.81. The third-order valence-corrected chi connectivity index (χ3v) is 5.25. The highest BCUT2D eigenvalue weighted by Crippen LogP contribution is 2.34. The van der Waals surface area contributed by atoms with E-state index in [0.29, 0.717) is 13.0 Å². The molecule has 2 aromatic carbocycles. The van der Waals surface area contributed by atoms with E-state index in [1.807, 2.05) is 13.8 Å². The highest BCUT2D eigenvalue weighted by molar-refractivity contribution is 7.92. The molecule has 0 aliphatic heterocycles. The molecule has 2 rings (SSSR count). The van der Waals surface area contributed by atoms with Crippen molar-refractivity contribution in [1.82, 2.24) is 10.6 Å². The number of carbonyl (C=O) groups is 1. The average Bonchev–Trinajstić information content (AvgIpc) is 2.61. The molecule has 0 atom stereocenters. The van der Waals surface area contributed by atoms with Crippen LogP contribution in [-0.2, 0) is 22.6 Å². The molecular weight excluding hydrogens is 407 g/mol. The van der Waals surface area contributed by atoms with Crippen LogP contribution in [0, 0.1) is 0 Å². The summed E-state index contributed by atoms with van der Waals surface area (Å²) in [6, 6.07) is 9.91. The summed E-state index contributed by atoms with van der Waals surface area (Å²) in [4.78, 5) is 10.7. The average molecular weight is 429 g/mol. The number of hydrogen-bond donors (Lipinski definition) is 3. The lowest BCUT2D eigenvalue weighted by Gasteiger charge is -2.14. The normalized spacial score (nSPS) is 11.9. The Morgan fingerprint density at radius 3 is 2.24 bits per heavy atom. The minimum Gasteiger partial charge on any atom is -0.338 e. The Balaban J connectivity index is 2.04. The van der Waals surface area contributed by atoms with Crippen LogP contribution in [0.15, 0.2) is 53.4 Å². The Bertz CT molecular complexity index is 943. The molecule has 0 unspecified atom stereocenters. The highest BCUT2D eigenvalue weighted by Gasteiger charge is 2.36. The van der Waals surface area contributed by atoms with Gasteiger partial charge in [0.05, 0.1) is 10.5 Å². The van der Waals surface area contributed by atoms with Crippen LogP contribution in [-0.4, -0.2) is 27.0 Å². The number of anilines is 1. The fourth-order valence-electron chi connectivity index (χ4n) is 2.52. The number of alkyl halides is 3. The molecule has 29 heavy (non-hydrogen) atoms. The smallest absolute Gasteiger partial charge is 0.338 e. The van der Waals surface area contributed by atoms with Crippen molar-refractivity contribution >= 4 is 21.7 Å². The van der Waals surface area contributed by atoms with Crippen LogP contribution >= 0.6 is 0 Å². The SMILES string of the molecule is CC(C)NC(=O)NCCc1ccc(NS(=O)(=O)c2ccccc2C(F)(F)F)cc1. The third-order valence-electron chi connectivity index (χ3n) is 3.81. The van der Waals surface area contributed by atoms with E-state index in [4.69, 9.17) is 0 Å². The predicted octanol–water partition coefficient (Wildman–Crippen LogP) is 3.76. The summed E-state index contributed by atoms with van der Waals surface area (Å²) in [7, 11) is -4.42. The molecule has 0 aliphatic carbocycles. The molecule has 0 radical (unpaired) electrons. The summed E-state index contributed by atoms with van der Waals surface area (Å²) in [6.07, 6.45) is -4.28. The van der Waals surface area contributed by atoms with Crippen molar-refractivity contribution in [3.05, 3.63) is 59.7 Å². The van der Waals surface area contributed by atoms with Gasteiger partial charge in [-0.05, 0) is 50.1 Å². The Morgan fingerprint density at radius 2 is 1.66 bits per heavy atom. The molecule has 3 N–H and O–H groups in total. The summed E-state index contributed by atoms with van der Waals surface area (Å²) < 4.78 is 66.3. The van der Waals surface area contributed by atoms with Gasteiger partial charge in [0.1, 0.15) is 0 Å².